The fraction of sp³-hybridized carbons (Fsp3) is 0.700. The number of sulfonamides is 1. The van der Waals surface area contributed by atoms with Crippen LogP contribution in [0.25, 0.3) is 0 Å². The van der Waals surface area contributed by atoms with Gasteiger partial charge >= 0.3 is 0 Å². The summed E-state index contributed by atoms with van der Waals surface area (Å²) in [6.07, 6.45) is 0.694. The first kappa shape index (κ1) is 12.5. The van der Waals surface area contributed by atoms with Gasteiger partial charge in [-0.2, -0.15) is 4.31 Å². The van der Waals surface area contributed by atoms with E-state index in [0.717, 1.165) is 0 Å². The molecule has 1 aromatic heterocycles. The van der Waals surface area contributed by atoms with Crippen LogP contribution in [0, 0.1) is 19.8 Å². The van der Waals surface area contributed by atoms with Gasteiger partial charge in [0.25, 0.3) is 0 Å². The Bertz CT molecular complexity index is 489. The van der Waals surface area contributed by atoms with Crippen LogP contribution in [0.2, 0.25) is 0 Å². The largest absolute Gasteiger partial charge is 0.396 e. The molecule has 2 heterocycles. The zero-order valence-electron chi connectivity index (χ0n) is 9.88. The van der Waals surface area contributed by atoms with Crippen LogP contribution in [-0.4, -0.2) is 42.7 Å². The van der Waals surface area contributed by atoms with Gasteiger partial charge in [-0.05, 0) is 26.2 Å². The smallest absolute Gasteiger partial charge is 0.248 e. The normalized spacial score (nSPS) is 22.2. The summed E-state index contributed by atoms with van der Waals surface area (Å²) in [4.78, 5) is 0.163. The molecule has 96 valence electrons. The first-order chi connectivity index (χ1) is 7.96. The van der Waals surface area contributed by atoms with Crippen molar-refractivity contribution in [3.8, 4) is 0 Å². The standard InChI is InChI=1S/C10H16N2O4S/c1-7-10(8(2)16-11-7)17(14,15)12-4-3-9(5-12)6-13/h9,13H,3-6H2,1-2H3. The number of aryl methyl sites for hydroxylation is 2. The number of nitrogens with zero attached hydrogens (tertiary/aromatic N) is 2. The highest BCUT2D eigenvalue weighted by Crippen LogP contribution is 2.27. The second-order valence-electron chi connectivity index (χ2n) is 4.35. The van der Waals surface area contributed by atoms with Crippen molar-refractivity contribution in [3.63, 3.8) is 0 Å². The zero-order chi connectivity index (χ0) is 12.6. The highest BCUT2D eigenvalue weighted by molar-refractivity contribution is 7.89. The molecule has 2 rings (SSSR count). The van der Waals surface area contributed by atoms with Crippen molar-refractivity contribution >= 4 is 10.0 Å². The van der Waals surface area contributed by atoms with Crippen molar-refractivity contribution in [3.05, 3.63) is 11.5 Å². The van der Waals surface area contributed by atoms with Crippen LogP contribution in [0.4, 0.5) is 0 Å². The quantitative estimate of drug-likeness (QED) is 0.844. The molecule has 0 saturated carbocycles. The number of aliphatic hydroxyl groups excluding tert-OH is 1. The van der Waals surface area contributed by atoms with Gasteiger partial charge < -0.3 is 9.63 Å². The van der Waals surface area contributed by atoms with E-state index in [2.05, 4.69) is 5.16 Å². The molecule has 6 nitrogen and oxygen atoms in total. The Morgan fingerprint density at radius 1 is 1.53 bits per heavy atom. The lowest BCUT2D eigenvalue weighted by Gasteiger charge is -2.15. The highest BCUT2D eigenvalue weighted by Gasteiger charge is 2.35. The van der Waals surface area contributed by atoms with Crippen LogP contribution in [0.5, 0.6) is 0 Å². The third kappa shape index (κ3) is 2.10. The SMILES string of the molecule is Cc1noc(C)c1S(=O)(=O)N1CCC(CO)C1. The van der Waals surface area contributed by atoms with Crippen LogP contribution in [0.3, 0.4) is 0 Å². The topological polar surface area (TPSA) is 83.6 Å². The van der Waals surface area contributed by atoms with E-state index in [1.54, 1.807) is 13.8 Å². The monoisotopic (exact) mass is 260 g/mol. The summed E-state index contributed by atoms with van der Waals surface area (Å²) in [6, 6.07) is 0. The van der Waals surface area contributed by atoms with Crippen LogP contribution in [0.1, 0.15) is 17.9 Å². The summed E-state index contributed by atoms with van der Waals surface area (Å²) in [7, 11) is -3.53. The molecule has 0 aliphatic carbocycles. The van der Waals surface area contributed by atoms with E-state index in [-0.39, 0.29) is 17.4 Å². The Morgan fingerprint density at radius 3 is 2.71 bits per heavy atom. The van der Waals surface area contributed by atoms with Crippen molar-refractivity contribution < 1.29 is 18.0 Å². The second kappa shape index (κ2) is 4.40. The Kier molecular flexibility index (Phi) is 3.24. The lowest BCUT2D eigenvalue weighted by atomic mass is 10.1. The van der Waals surface area contributed by atoms with Crippen molar-refractivity contribution in [2.45, 2.75) is 25.2 Å². The number of aliphatic hydroxyl groups is 1. The number of hydrogen-bond acceptors (Lipinski definition) is 5. The molecule has 1 aliphatic rings. The maximum Gasteiger partial charge on any atom is 0.248 e. The lowest BCUT2D eigenvalue weighted by Crippen LogP contribution is -2.30. The first-order valence-corrected chi connectivity index (χ1v) is 6.94. The van der Waals surface area contributed by atoms with E-state index in [0.29, 0.717) is 31.0 Å². The van der Waals surface area contributed by atoms with E-state index in [1.807, 2.05) is 0 Å². The summed E-state index contributed by atoms with van der Waals surface area (Å²) in [6.45, 7) is 4.03. The Balaban J connectivity index is 2.32. The fourth-order valence-corrected chi connectivity index (χ4v) is 3.96. The molecule has 1 aromatic rings. The van der Waals surface area contributed by atoms with Crippen LogP contribution < -0.4 is 0 Å². The number of aromatic nitrogens is 1. The number of hydrogen-bond donors (Lipinski definition) is 1. The minimum Gasteiger partial charge on any atom is -0.396 e. The van der Waals surface area contributed by atoms with Crippen molar-refractivity contribution in [2.24, 2.45) is 5.92 Å². The Labute approximate surface area is 100 Å². The lowest BCUT2D eigenvalue weighted by molar-refractivity contribution is 0.233. The van der Waals surface area contributed by atoms with Crippen molar-refractivity contribution in [2.75, 3.05) is 19.7 Å². The van der Waals surface area contributed by atoms with Gasteiger partial charge in [-0.3, -0.25) is 0 Å². The molecule has 0 bridgehead atoms. The molecule has 0 spiro atoms. The van der Waals surface area contributed by atoms with Crippen LogP contribution >= 0.6 is 0 Å². The van der Waals surface area contributed by atoms with E-state index in [1.165, 1.54) is 4.31 Å². The summed E-state index contributed by atoms with van der Waals surface area (Å²) in [5, 5.41) is 12.7. The molecule has 1 saturated heterocycles. The summed E-state index contributed by atoms with van der Waals surface area (Å²) in [5.74, 6) is 0.347. The third-order valence-electron chi connectivity index (χ3n) is 3.07. The summed E-state index contributed by atoms with van der Waals surface area (Å²) < 4.78 is 31.0. The van der Waals surface area contributed by atoms with E-state index < -0.39 is 10.0 Å². The van der Waals surface area contributed by atoms with Crippen molar-refractivity contribution in [1.29, 1.82) is 0 Å². The second-order valence-corrected chi connectivity index (χ2v) is 6.23. The van der Waals surface area contributed by atoms with Gasteiger partial charge in [0, 0.05) is 19.7 Å². The molecule has 17 heavy (non-hydrogen) atoms. The van der Waals surface area contributed by atoms with Gasteiger partial charge in [0.15, 0.2) is 5.76 Å². The van der Waals surface area contributed by atoms with Gasteiger partial charge in [0.2, 0.25) is 10.0 Å². The molecular weight excluding hydrogens is 244 g/mol. The Hall–Kier alpha value is -0.920. The summed E-state index contributed by atoms with van der Waals surface area (Å²) >= 11 is 0. The minimum atomic E-state index is -3.53. The van der Waals surface area contributed by atoms with Gasteiger partial charge in [0.1, 0.15) is 10.6 Å². The number of rotatable bonds is 3. The maximum atomic E-state index is 12.3. The fourth-order valence-electron chi connectivity index (χ4n) is 2.14. The average Bonchev–Trinajstić information content (AvgIpc) is 2.85. The molecule has 1 atom stereocenters. The Morgan fingerprint density at radius 2 is 2.24 bits per heavy atom. The average molecular weight is 260 g/mol. The van der Waals surface area contributed by atoms with E-state index >= 15 is 0 Å². The van der Waals surface area contributed by atoms with Crippen molar-refractivity contribution in [1.82, 2.24) is 9.46 Å². The van der Waals surface area contributed by atoms with Gasteiger partial charge in [-0.15, -0.1) is 0 Å². The van der Waals surface area contributed by atoms with E-state index in [4.69, 9.17) is 9.63 Å². The first-order valence-electron chi connectivity index (χ1n) is 5.50. The maximum absolute atomic E-state index is 12.3. The highest BCUT2D eigenvalue weighted by atomic mass is 32.2. The molecule has 1 fully saturated rings. The minimum absolute atomic E-state index is 0.0214. The van der Waals surface area contributed by atoms with Crippen LogP contribution in [0.15, 0.2) is 9.42 Å². The molecular formula is C10H16N2O4S. The van der Waals surface area contributed by atoms with Gasteiger partial charge in [-0.25, -0.2) is 8.42 Å². The zero-order valence-corrected chi connectivity index (χ0v) is 10.7. The molecule has 1 N–H and O–H groups in total. The molecule has 7 heteroatoms. The molecule has 0 radical (unpaired) electrons. The van der Waals surface area contributed by atoms with Gasteiger partial charge in [0.05, 0.1) is 0 Å². The summed E-state index contributed by atoms with van der Waals surface area (Å²) in [5.41, 5.74) is 0.384. The molecule has 0 amide bonds. The van der Waals surface area contributed by atoms with E-state index in [9.17, 15) is 8.42 Å². The van der Waals surface area contributed by atoms with Gasteiger partial charge in [-0.1, -0.05) is 5.16 Å². The molecule has 1 aliphatic heterocycles. The molecule has 1 unspecified atom stereocenters. The predicted octanol–water partition coefficient (Wildman–Crippen LogP) is 0.294. The predicted molar refractivity (Wildman–Crippen MR) is 59.9 cm³/mol. The molecule has 0 aromatic carbocycles. The third-order valence-corrected chi connectivity index (χ3v) is 5.18. The van der Waals surface area contributed by atoms with Crippen LogP contribution in [-0.2, 0) is 10.0 Å².